The van der Waals surface area contributed by atoms with E-state index in [-0.39, 0.29) is 0 Å². The van der Waals surface area contributed by atoms with Gasteiger partial charge in [-0.25, -0.2) is 9.97 Å². The van der Waals surface area contributed by atoms with E-state index in [4.69, 9.17) is 0 Å². The van der Waals surface area contributed by atoms with Crippen molar-refractivity contribution in [2.45, 2.75) is 13.8 Å². The van der Waals surface area contributed by atoms with E-state index in [9.17, 15) is 0 Å². The Labute approximate surface area is 79.7 Å². The molecule has 0 aromatic carbocycles. The molecular formula is C8H8N4S. The third kappa shape index (κ3) is 1.55. The lowest BCUT2D eigenvalue weighted by molar-refractivity contribution is 0.903. The zero-order valence-electron chi connectivity index (χ0n) is 7.35. The minimum atomic E-state index is 0.609. The van der Waals surface area contributed by atoms with Crippen molar-refractivity contribution >= 4 is 11.3 Å². The minimum Gasteiger partial charge on any atom is -0.241 e. The monoisotopic (exact) mass is 192 g/mol. The van der Waals surface area contributed by atoms with Crippen molar-refractivity contribution in [2.75, 3.05) is 0 Å². The zero-order valence-corrected chi connectivity index (χ0v) is 8.17. The Morgan fingerprint density at radius 3 is 2.62 bits per heavy atom. The summed E-state index contributed by atoms with van der Waals surface area (Å²) in [6, 6.07) is 0. The van der Waals surface area contributed by atoms with Gasteiger partial charge < -0.3 is 0 Å². The molecule has 0 aliphatic rings. The quantitative estimate of drug-likeness (QED) is 0.688. The normalized spacial score (nSPS) is 10.3. The second-order valence-electron chi connectivity index (χ2n) is 2.64. The summed E-state index contributed by atoms with van der Waals surface area (Å²) in [6.45, 7) is 3.81. The number of hydrogen-bond acceptors (Lipinski definition) is 5. The van der Waals surface area contributed by atoms with Crippen molar-refractivity contribution in [3.8, 4) is 10.8 Å². The maximum atomic E-state index is 4.29. The molecule has 0 aliphatic carbocycles. The molecule has 66 valence electrons. The number of rotatable bonds is 1. The first-order chi connectivity index (χ1) is 6.27. The molecule has 0 N–H and O–H groups in total. The van der Waals surface area contributed by atoms with Crippen LogP contribution in [0.25, 0.3) is 10.8 Å². The highest BCUT2D eigenvalue weighted by atomic mass is 32.1. The molecule has 2 aromatic heterocycles. The average Bonchev–Trinajstić information content (AvgIpc) is 2.62. The maximum Gasteiger partial charge on any atom is 0.211 e. The summed E-state index contributed by atoms with van der Waals surface area (Å²) >= 11 is 1.51. The summed E-state index contributed by atoms with van der Waals surface area (Å²) in [4.78, 5) is 8.40. The maximum absolute atomic E-state index is 4.29. The topological polar surface area (TPSA) is 51.6 Å². The van der Waals surface area contributed by atoms with Gasteiger partial charge in [-0.15, -0.1) is 16.4 Å². The van der Waals surface area contributed by atoms with E-state index in [1.165, 1.54) is 11.3 Å². The van der Waals surface area contributed by atoms with Crippen LogP contribution in [0.1, 0.15) is 11.4 Å². The van der Waals surface area contributed by atoms with Gasteiger partial charge in [0, 0.05) is 11.6 Å². The number of hydrogen-bond donors (Lipinski definition) is 0. The molecule has 0 unspecified atom stereocenters. The van der Waals surface area contributed by atoms with Gasteiger partial charge in [0.25, 0.3) is 0 Å². The van der Waals surface area contributed by atoms with Gasteiger partial charge in [-0.1, -0.05) is 0 Å². The van der Waals surface area contributed by atoms with Crippen molar-refractivity contribution in [1.29, 1.82) is 0 Å². The van der Waals surface area contributed by atoms with E-state index < -0.39 is 0 Å². The SMILES string of the molecule is Cc1nnc(-c2nccs2)nc1C. The lowest BCUT2D eigenvalue weighted by Gasteiger charge is -1.97. The molecule has 13 heavy (non-hydrogen) atoms. The summed E-state index contributed by atoms with van der Waals surface area (Å²) < 4.78 is 0. The van der Waals surface area contributed by atoms with Gasteiger partial charge in [0.15, 0.2) is 5.01 Å². The molecular weight excluding hydrogens is 184 g/mol. The van der Waals surface area contributed by atoms with Crippen LogP contribution >= 0.6 is 11.3 Å². The molecule has 0 atom stereocenters. The molecule has 2 aromatic rings. The second kappa shape index (κ2) is 3.18. The molecule has 0 amide bonds. The summed E-state index contributed by atoms with van der Waals surface area (Å²) in [5.74, 6) is 0.609. The van der Waals surface area contributed by atoms with E-state index in [0.29, 0.717) is 5.82 Å². The minimum absolute atomic E-state index is 0.609. The van der Waals surface area contributed by atoms with Crippen LogP contribution in [-0.2, 0) is 0 Å². The first-order valence-corrected chi connectivity index (χ1v) is 4.73. The van der Waals surface area contributed by atoms with Crippen LogP contribution in [0, 0.1) is 13.8 Å². The molecule has 2 rings (SSSR count). The van der Waals surface area contributed by atoms with E-state index in [1.54, 1.807) is 6.20 Å². The third-order valence-electron chi connectivity index (χ3n) is 1.72. The standard InChI is InChI=1S/C8H8N4S/c1-5-6(2)11-12-7(10-5)8-9-3-4-13-8/h3-4H,1-2H3. The van der Waals surface area contributed by atoms with Crippen molar-refractivity contribution in [3.63, 3.8) is 0 Å². The van der Waals surface area contributed by atoms with Crippen LogP contribution in [0.15, 0.2) is 11.6 Å². The van der Waals surface area contributed by atoms with Crippen LogP contribution in [0.2, 0.25) is 0 Å². The molecule has 0 fully saturated rings. The van der Waals surface area contributed by atoms with E-state index in [1.807, 2.05) is 19.2 Å². The average molecular weight is 192 g/mol. The zero-order chi connectivity index (χ0) is 9.26. The van der Waals surface area contributed by atoms with Gasteiger partial charge >= 0.3 is 0 Å². The lowest BCUT2D eigenvalue weighted by atomic mass is 10.4. The van der Waals surface area contributed by atoms with Crippen molar-refractivity contribution in [1.82, 2.24) is 20.2 Å². The summed E-state index contributed by atoms with van der Waals surface area (Å²) in [5.41, 5.74) is 1.76. The summed E-state index contributed by atoms with van der Waals surface area (Å²) in [6.07, 6.45) is 1.73. The predicted molar refractivity (Wildman–Crippen MR) is 50.4 cm³/mol. The van der Waals surface area contributed by atoms with Gasteiger partial charge in [0.1, 0.15) is 0 Å². The molecule has 4 nitrogen and oxygen atoms in total. The number of aromatic nitrogens is 4. The first-order valence-electron chi connectivity index (χ1n) is 3.85. The number of nitrogens with zero attached hydrogens (tertiary/aromatic N) is 4. The lowest BCUT2D eigenvalue weighted by Crippen LogP contribution is -1.98. The van der Waals surface area contributed by atoms with Crippen LogP contribution in [0.5, 0.6) is 0 Å². The Hall–Kier alpha value is -1.36. The highest BCUT2D eigenvalue weighted by Gasteiger charge is 2.05. The van der Waals surface area contributed by atoms with Crippen LogP contribution in [0.3, 0.4) is 0 Å². The van der Waals surface area contributed by atoms with E-state index in [2.05, 4.69) is 20.2 Å². The fourth-order valence-corrected chi connectivity index (χ4v) is 1.45. The van der Waals surface area contributed by atoms with Crippen LogP contribution in [0.4, 0.5) is 0 Å². The fraction of sp³-hybridized carbons (Fsp3) is 0.250. The van der Waals surface area contributed by atoms with Crippen molar-refractivity contribution < 1.29 is 0 Å². The van der Waals surface area contributed by atoms with Gasteiger partial charge in [0.2, 0.25) is 5.82 Å². The predicted octanol–water partition coefficient (Wildman–Crippen LogP) is 1.61. The van der Waals surface area contributed by atoms with Crippen LogP contribution < -0.4 is 0 Å². The molecule has 0 saturated carbocycles. The van der Waals surface area contributed by atoms with Gasteiger partial charge in [0.05, 0.1) is 11.4 Å². The number of aryl methyl sites for hydroxylation is 2. The second-order valence-corrected chi connectivity index (χ2v) is 3.54. The van der Waals surface area contributed by atoms with Gasteiger partial charge in [-0.3, -0.25) is 0 Å². The smallest absolute Gasteiger partial charge is 0.211 e. The molecule has 5 heteroatoms. The Kier molecular flexibility index (Phi) is 2.02. The Morgan fingerprint density at radius 2 is 2.00 bits per heavy atom. The molecule has 0 bridgehead atoms. The molecule has 0 saturated heterocycles. The van der Waals surface area contributed by atoms with E-state index >= 15 is 0 Å². The van der Waals surface area contributed by atoms with Crippen molar-refractivity contribution in [3.05, 3.63) is 23.0 Å². The number of thiazole rings is 1. The molecule has 2 heterocycles. The Balaban J connectivity index is 2.49. The largest absolute Gasteiger partial charge is 0.241 e. The highest BCUT2D eigenvalue weighted by molar-refractivity contribution is 7.12. The summed E-state index contributed by atoms with van der Waals surface area (Å²) in [7, 11) is 0. The molecule has 0 radical (unpaired) electrons. The Morgan fingerprint density at radius 1 is 1.15 bits per heavy atom. The van der Waals surface area contributed by atoms with Gasteiger partial charge in [-0.05, 0) is 13.8 Å². The molecule has 0 spiro atoms. The van der Waals surface area contributed by atoms with Gasteiger partial charge in [-0.2, -0.15) is 5.10 Å². The first kappa shape index (κ1) is 8.25. The Bertz CT molecular complexity index is 410. The highest BCUT2D eigenvalue weighted by Crippen LogP contribution is 2.16. The van der Waals surface area contributed by atoms with Crippen LogP contribution in [-0.4, -0.2) is 20.2 Å². The van der Waals surface area contributed by atoms with E-state index in [0.717, 1.165) is 16.4 Å². The summed E-state index contributed by atoms with van der Waals surface area (Å²) in [5, 5.41) is 10.7. The third-order valence-corrected chi connectivity index (χ3v) is 2.48. The van der Waals surface area contributed by atoms with Crippen molar-refractivity contribution in [2.24, 2.45) is 0 Å². The fourth-order valence-electron chi connectivity index (χ4n) is 0.881. The molecule has 0 aliphatic heterocycles.